The summed E-state index contributed by atoms with van der Waals surface area (Å²) in [6.07, 6.45) is 0.689. The fourth-order valence-electron chi connectivity index (χ4n) is 1.28. The number of rotatable bonds is 5. The van der Waals surface area contributed by atoms with E-state index < -0.39 is 0 Å². The molecular formula is C11H19N3O2. The number of hydrogen-bond donors (Lipinski definition) is 3. The molecule has 2 atom stereocenters. The maximum absolute atomic E-state index is 11.3. The van der Waals surface area contributed by atoms with Crippen molar-refractivity contribution in [2.75, 3.05) is 11.9 Å². The first-order valence-electron chi connectivity index (χ1n) is 5.54. The van der Waals surface area contributed by atoms with Crippen molar-refractivity contribution in [3.63, 3.8) is 0 Å². The van der Waals surface area contributed by atoms with Crippen molar-refractivity contribution in [2.45, 2.75) is 33.2 Å². The number of aryl methyl sites for hydroxylation is 1. The van der Waals surface area contributed by atoms with E-state index in [4.69, 9.17) is 5.11 Å². The maximum atomic E-state index is 11.3. The van der Waals surface area contributed by atoms with E-state index in [2.05, 4.69) is 15.3 Å². The van der Waals surface area contributed by atoms with E-state index in [0.717, 1.165) is 0 Å². The lowest BCUT2D eigenvalue weighted by Crippen LogP contribution is -2.27. The zero-order chi connectivity index (χ0) is 12.1. The average molecular weight is 225 g/mol. The van der Waals surface area contributed by atoms with Crippen LogP contribution in [-0.2, 0) is 6.42 Å². The Labute approximate surface area is 94.9 Å². The highest BCUT2D eigenvalue weighted by Crippen LogP contribution is 2.08. The van der Waals surface area contributed by atoms with E-state index in [1.165, 1.54) is 6.07 Å². The van der Waals surface area contributed by atoms with Gasteiger partial charge in [0.05, 0.1) is 0 Å². The van der Waals surface area contributed by atoms with Gasteiger partial charge in [0.15, 0.2) is 0 Å². The Hall–Kier alpha value is -1.36. The van der Waals surface area contributed by atoms with E-state index in [-0.39, 0.29) is 24.1 Å². The highest BCUT2D eigenvalue weighted by Gasteiger charge is 2.11. The summed E-state index contributed by atoms with van der Waals surface area (Å²) < 4.78 is 0. The molecule has 1 rings (SSSR count). The molecule has 1 heterocycles. The molecule has 2 unspecified atom stereocenters. The van der Waals surface area contributed by atoms with Gasteiger partial charge in [0, 0.05) is 25.1 Å². The van der Waals surface area contributed by atoms with Crippen LogP contribution in [0.2, 0.25) is 0 Å². The molecule has 0 fully saturated rings. The predicted molar refractivity (Wildman–Crippen MR) is 63.6 cm³/mol. The van der Waals surface area contributed by atoms with E-state index in [0.29, 0.717) is 18.1 Å². The van der Waals surface area contributed by atoms with Gasteiger partial charge >= 0.3 is 0 Å². The zero-order valence-electron chi connectivity index (χ0n) is 9.95. The average Bonchev–Trinajstić information content (AvgIpc) is 2.26. The largest absolute Gasteiger partial charge is 0.396 e. The molecule has 0 aromatic carbocycles. The van der Waals surface area contributed by atoms with Crippen LogP contribution < -0.4 is 10.9 Å². The third-order valence-corrected chi connectivity index (χ3v) is 2.64. The summed E-state index contributed by atoms with van der Waals surface area (Å²) in [6, 6.07) is 1.50. The van der Waals surface area contributed by atoms with Crippen LogP contribution in [0.3, 0.4) is 0 Å². The van der Waals surface area contributed by atoms with Crippen LogP contribution in [0.1, 0.15) is 26.6 Å². The summed E-state index contributed by atoms with van der Waals surface area (Å²) in [5.41, 5.74) is -0.154. The van der Waals surface area contributed by atoms with Crippen LogP contribution in [0.15, 0.2) is 10.9 Å². The Balaban J connectivity index is 2.80. The molecule has 5 nitrogen and oxygen atoms in total. The highest BCUT2D eigenvalue weighted by atomic mass is 16.3. The van der Waals surface area contributed by atoms with Crippen molar-refractivity contribution in [1.82, 2.24) is 9.97 Å². The Bertz CT molecular complexity index is 389. The number of anilines is 1. The van der Waals surface area contributed by atoms with Gasteiger partial charge < -0.3 is 15.4 Å². The lowest BCUT2D eigenvalue weighted by molar-refractivity contribution is 0.226. The van der Waals surface area contributed by atoms with Gasteiger partial charge in [-0.1, -0.05) is 13.8 Å². The van der Waals surface area contributed by atoms with E-state index in [1.54, 1.807) is 0 Å². The Kier molecular flexibility index (Phi) is 4.49. The molecule has 0 radical (unpaired) electrons. The second kappa shape index (κ2) is 5.65. The molecule has 0 aliphatic carbocycles. The molecule has 0 bridgehead atoms. The fourth-order valence-corrected chi connectivity index (χ4v) is 1.28. The monoisotopic (exact) mass is 225 g/mol. The Morgan fingerprint density at radius 2 is 2.25 bits per heavy atom. The van der Waals surface area contributed by atoms with Crippen LogP contribution >= 0.6 is 0 Å². The predicted octanol–water partition coefficient (Wildman–Crippen LogP) is 0.761. The van der Waals surface area contributed by atoms with Gasteiger partial charge in [0.1, 0.15) is 11.6 Å². The number of nitrogens with zero attached hydrogens (tertiary/aromatic N) is 1. The van der Waals surface area contributed by atoms with Gasteiger partial charge in [-0.05, 0) is 12.8 Å². The molecule has 0 amide bonds. The van der Waals surface area contributed by atoms with Crippen LogP contribution in [0.4, 0.5) is 5.82 Å². The van der Waals surface area contributed by atoms with Crippen molar-refractivity contribution < 1.29 is 5.11 Å². The van der Waals surface area contributed by atoms with Gasteiger partial charge in [-0.3, -0.25) is 4.79 Å². The summed E-state index contributed by atoms with van der Waals surface area (Å²) in [5, 5.41) is 12.1. The standard InChI is InChI=1S/C11H19N3O2/c1-4-9-13-10(5-11(16)14-9)12-8(3)7(2)6-15/h5,7-8,15H,4,6H2,1-3H3,(H2,12,13,14,16). The van der Waals surface area contributed by atoms with Crippen molar-refractivity contribution in [1.29, 1.82) is 0 Å². The van der Waals surface area contributed by atoms with Crippen LogP contribution in [0.25, 0.3) is 0 Å². The van der Waals surface area contributed by atoms with Gasteiger partial charge in [-0.2, -0.15) is 0 Å². The molecule has 1 aromatic rings. The molecule has 0 saturated carbocycles. The molecule has 90 valence electrons. The van der Waals surface area contributed by atoms with Crippen LogP contribution in [0.5, 0.6) is 0 Å². The molecule has 0 aliphatic rings. The minimum Gasteiger partial charge on any atom is -0.396 e. The topological polar surface area (TPSA) is 78.0 Å². The summed E-state index contributed by atoms with van der Waals surface area (Å²) >= 11 is 0. The summed E-state index contributed by atoms with van der Waals surface area (Å²) in [7, 11) is 0. The SMILES string of the molecule is CCc1nc(NC(C)C(C)CO)cc(=O)[nH]1. The number of aromatic amines is 1. The smallest absolute Gasteiger partial charge is 0.252 e. The normalized spacial score (nSPS) is 14.5. The molecule has 3 N–H and O–H groups in total. The van der Waals surface area contributed by atoms with Crippen molar-refractivity contribution >= 4 is 5.82 Å². The third kappa shape index (κ3) is 3.34. The lowest BCUT2D eigenvalue weighted by Gasteiger charge is -2.19. The van der Waals surface area contributed by atoms with Gasteiger partial charge in [0.25, 0.3) is 5.56 Å². The minimum atomic E-state index is -0.154. The third-order valence-electron chi connectivity index (χ3n) is 2.64. The second-order valence-electron chi connectivity index (χ2n) is 4.02. The Morgan fingerprint density at radius 1 is 1.56 bits per heavy atom. The number of aliphatic hydroxyl groups excluding tert-OH is 1. The molecule has 1 aromatic heterocycles. The van der Waals surface area contributed by atoms with Gasteiger partial charge in [-0.25, -0.2) is 4.98 Å². The van der Waals surface area contributed by atoms with Crippen LogP contribution in [-0.4, -0.2) is 27.7 Å². The number of hydrogen-bond acceptors (Lipinski definition) is 4. The van der Waals surface area contributed by atoms with Crippen molar-refractivity contribution in [2.24, 2.45) is 5.92 Å². The number of aliphatic hydroxyl groups is 1. The number of aromatic nitrogens is 2. The van der Waals surface area contributed by atoms with Crippen LogP contribution in [0, 0.1) is 5.92 Å². The number of H-pyrrole nitrogens is 1. The van der Waals surface area contributed by atoms with E-state index in [1.807, 2.05) is 20.8 Å². The number of nitrogens with one attached hydrogen (secondary N) is 2. The molecule has 0 spiro atoms. The first kappa shape index (κ1) is 12.7. The second-order valence-corrected chi connectivity index (χ2v) is 4.02. The first-order valence-corrected chi connectivity index (χ1v) is 5.54. The molecule has 0 aliphatic heterocycles. The zero-order valence-corrected chi connectivity index (χ0v) is 9.95. The summed E-state index contributed by atoms with van der Waals surface area (Å²) in [4.78, 5) is 18.2. The molecule has 5 heteroatoms. The maximum Gasteiger partial charge on any atom is 0.252 e. The molecular weight excluding hydrogens is 206 g/mol. The fraction of sp³-hybridized carbons (Fsp3) is 0.636. The highest BCUT2D eigenvalue weighted by molar-refractivity contribution is 5.34. The van der Waals surface area contributed by atoms with Crippen molar-refractivity contribution in [3.05, 3.63) is 22.2 Å². The van der Waals surface area contributed by atoms with E-state index >= 15 is 0 Å². The minimum absolute atomic E-state index is 0.0732. The van der Waals surface area contributed by atoms with Gasteiger partial charge in [0.2, 0.25) is 0 Å². The summed E-state index contributed by atoms with van der Waals surface area (Å²) in [5.74, 6) is 1.35. The van der Waals surface area contributed by atoms with E-state index in [9.17, 15) is 4.79 Å². The molecule has 16 heavy (non-hydrogen) atoms. The first-order chi connectivity index (χ1) is 7.56. The van der Waals surface area contributed by atoms with Crippen molar-refractivity contribution in [3.8, 4) is 0 Å². The summed E-state index contributed by atoms with van der Waals surface area (Å²) in [6.45, 7) is 5.93. The van der Waals surface area contributed by atoms with Gasteiger partial charge in [-0.15, -0.1) is 0 Å². The lowest BCUT2D eigenvalue weighted by atomic mass is 10.1. The quantitative estimate of drug-likeness (QED) is 0.691. The Morgan fingerprint density at radius 3 is 2.81 bits per heavy atom. The molecule has 0 saturated heterocycles.